The van der Waals surface area contributed by atoms with Crippen LogP contribution in [0.15, 0.2) is 36.7 Å². The Kier molecular flexibility index (Phi) is 2.41. The number of rotatable bonds is 2. The molecule has 2 heterocycles. The van der Waals surface area contributed by atoms with E-state index in [2.05, 4.69) is 19.8 Å². The van der Waals surface area contributed by atoms with Crippen molar-refractivity contribution in [3.05, 3.63) is 36.7 Å². The van der Waals surface area contributed by atoms with Crippen molar-refractivity contribution < 1.29 is 18.3 Å². The Labute approximate surface area is 107 Å². The van der Waals surface area contributed by atoms with Gasteiger partial charge in [-0.05, 0) is 18.2 Å². The van der Waals surface area contributed by atoms with Crippen molar-refractivity contribution in [1.29, 1.82) is 0 Å². The molecule has 1 aliphatic heterocycles. The van der Waals surface area contributed by atoms with E-state index in [0.717, 1.165) is 0 Å². The molecule has 0 fully saturated rings. The predicted octanol–water partition coefficient (Wildman–Crippen LogP) is 2.73. The van der Waals surface area contributed by atoms with Crippen LogP contribution in [-0.4, -0.2) is 11.3 Å². The number of nitrogens with one attached hydrogen (secondary N) is 1. The molecule has 2 aromatic rings. The van der Waals surface area contributed by atoms with Crippen molar-refractivity contribution in [3.8, 4) is 11.5 Å². The Morgan fingerprint density at radius 2 is 1.84 bits per heavy atom. The van der Waals surface area contributed by atoms with E-state index in [1.165, 1.54) is 18.3 Å². The van der Waals surface area contributed by atoms with Crippen LogP contribution in [0.4, 0.5) is 25.8 Å². The number of fused-ring (bicyclic) bond motifs is 1. The summed E-state index contributed by atoms with van der Waals surface area (Å²) in [6.45, 7) is 0. The molecule has 3 N–H and O–H groups in total. The number of aromatic nitrogens is 1. The van der Waals surface area contributed by atoms with Crippen molar-refractivity contribution >= 4 is 17.1 Å². The zero-order valence-corrected chi connectivity index (χ0v) is 9.56. The van der Waals surface area contributed by atoms with E-state index >= 15 is 0 Å². The molecule has 5 nitrogen and oxygen atoms in total. The van der Waals surface area contributed by atoms with Crippen LogP contribution in [0.25, 0.3) is 0 Å². The summed E-state index contributed by atoms with van der Waals surface area (Å²) in [7, 11) is 0. The molecule has 19 heavy (non-hydrogen) atoms. The molecule has 0 amide bonds. The van der Waals surface area contributed by atoms with Gasteiger partial charge in [0.2, 0.25) is 0 Å². The molecule has 0 aliphatic carbocycles. The molecule has 1 aromatic heterocycles. The lowest BCUT2D eigenvalue weighted by atomic mass is 10.2. The lowest BCUT2D eigenvalue weighted by molar-refractivity contribution is -0.286. The van der Waals surface area contributed by atoms with Gasteiger partial charge in [-0.15, -0.1) is 8.78 Å². The van der Waals surface area contributed by atoms with Crippen LogP contribution < -0.4 is 20.5 Å². The summed E-state index contributed by atoms with van der Waals surface area (Å²) < 4.78 is 34.4. The minimum atomic E-state index is -3.61. The number of halogens is 2. The van der Waals surface area contributed by atoms with Crippen molar-refractivity contribution in [2.45, 2.75) is 6.29 Å². The molecule has 98 valence electrons. The molecule has 0 saturated heterocycles. The Morgan fingerprint density at radius 3 is 2.63 bits per heavy atom. The van der Waals surface area contributed by atoms with Crippen LogP contribution in [0.1, 0.15) is 0 Å². The Balaban J connectivity index is 1.85. The molecule has 3 rings (SSSR count). The second-order valence-electron chi connectivity index (χ2n) is 3.96. The van der Waals surface area contributed by atoms with E-state index in [9.17, 15) is 8.78 Å². The van der Waals surface area contributed by atoms with Crippen molar-refractivity contribution in [3.63, 3.8) is 0 Å². The molecular formula is C12H9F2N3O2. The maximum atomic E-state index is 12.9. The van der Waals surface area contributed by atoms with Crippen LogP contribution in [0.2, 0.25) is 0 Å². The number of hydrogen-bond acceptors (Lipinski definition) is 5. The molecule has 0 spiro atoms. The van der Waals surface area contributed by atoms with Gasteiger partial charge in [0.25, 0.3) is 0 Å². The summed E-state index contributed by atoms with van der Waals surface area (Å²) in [6, 6.07) is 6.08. The average Bonchev–Trinajstić information content (AvgIpc) is 2.62. The summed E-state index contributed by atoms with van der Waals surface area (Å²) in [5.41, 5.74) is 7.30. The third kappa shape index (κ3) is 2.35. The van der Waals surface area contributed by atoms with E-state index < -0.39 is 6.29 Å². The first-order chi connectivity index (χ1) is 9.02. The molecule has 0 bridgehead atoms. The third-order valence-electron chi connectivity index (χ3n) is 2.45. The smallest absolute Gasteiger partial charge is 0.397 e. The quantitative estimate of drug-likeness (QED) is 0.873. The van der Waals surface area contributed by atoms with Gasteiger partial charge in [-0.25, -0.2) is 0 Å². The van der Waals surface area contributed by atoms with Gasteiger partial charge in [0.15, 0.2) is 11.5 Å². The fourth-order valence-corrected chi connectivity index (χ4v) is 1.72. The zero-order valence-electron chi connectivity index (χ0n) is 9.56. The van der Waals surface area contributed by atoms with Gasteiger partial charge in [0.1, 0.15) is 0 Å². The SMILES string of the molecule is Nc1cncc(Nc2ccc3c(c2)OC(F)(F)O3)c1. The first-order valence-corrected chi connectivity index (χ1v) is 5.39. The minimum Gasteiger partial charge on any atom is -0.397 e. The normalized spacial score (nSPS) is 15.3. The van der Waals surface area contributed by atoms with Crippen LogP contribution >= 0.6 is 0 Å². The fourth-order valence-electron chi connectivity index (χ4n) is 1.72. The molecule has 0 unspecified atom stereocenters. The number of ether oxygens (including phenoxy) is 2. The van der Waals surface area contributed by atoms with Gasteiger partial charge in [0, 0.05) is 18.0 Å². The van der Waals surface area contributed by atoms with E-state index in [4.69, 9.17) is 5.73 Å². The summed E-state index contributed by atoms with van der Waals surface area (Å²) in [5.74, 6) is -0.0203. The van der Waals surface area contributed by atoms with Crippen LogP contribution in [0.3, 0.4) is 0 Å². The van der Waals surface area contributed by atoms with Gasteiger partial charge in [-0.2, -0.15) is 0 Å². The summed E-state index contributed by atoms with van der Waals surface area (Å²) >= 11 is 0. The molecule has 0 atom stereocenters. The molecular weight excluding hydrogens is 256 g/mol. The maximum absolute atomic E-state index is 12.9. The maximum Gasteiger partial charge on any atom is 0.586 e. The predicted molar refractivity (Wildman–Crippen MR) is 64.6 cm³/mol. The minimum absolute atomic E-state index is 0.00116. The largest absolute Gasteiger partial charge is 0.586 e. The van der Waals surface area contributed by atoms with E-state index in [1.54, 1.807) is 18.3 Å². The van der Waals surface area contributed by atoms with Gasteiger partial charge in [-0.1, -0.05) is 0 Å². The highest BCUT2D eigenvalue weighted by molar-refractivity contribution is 5.65. The number of benzene rings is 1. The number of alkyl halides is 2. The number of pyridine rings is 1. The summed E-state index contributed by atoms with van der Waals surface area (Å²) in [6.07, 6.45) is -0.541. The van der Waals surface area contributed by atoms with Crippen LogP contribution in [0.5, 0.6) is 11.5 Å². The number of anilines is 3. The molecule has 1 aromatic carbocycles. The zero-order chi connectivity index (χ0) is 13.5. The summed E-state index contributed by atoms with van der Waals surface area (Å²) in [4.78, 5) is 3.91. The number of nitrogen functional groups attached to an aromatic ring is 1. The first kappa shape index (κ1) is 11.5. The topological polar surface area (TPSA) is 69.4 Å². The Hall–Kier alpha value is -2.57. The fraction of sp³-hybridized carbons (Fsp3) is 0.0833. The number of nitrogens with zero attached hydrogens (tertiary/aromatic N) is 1. The highest BCUT2D eigenvalue weighted by Crippen LogP contribution is 2.42. The van der Waals surface area contributed by atoms with Crippen molar-refractivity contribution in [2.24, 2.45) is 0 Å². The van der Waals surface area contributed by atoms with Crippen LogP contribution in [-0.2, 0) is 0 Å². The second-order valence-corrected chi connectivity index (χ2v) is 3.96. The Bertz CT molecular complexity index is 634. The Morgan fingerprint density at radius 1 is 1.05 bits per heavy atom. The standard InChI is InChI=1S/C12H9F2N3O2/c13-12(14)18-10-2-1-8(4-11(10)19-12)17-9-3-7(15)5-16-6-9/h1-6,17H,15H2. The lowest BCUT2D eigenvalue weighted by Crippen LogP contribution is -2.25. The van der Waals surface area contributed by atoms with Gasteiger partial charge < -0.3 is 20.5 Å². The first-order valence-electron chi connectivity index (χ1n) is 5.39. The molecule has 7 heteroatoms. The second kappa shape index (κ2) is 3.98. The third-order valence-corrected chi connectivity index (χ3v) is 2.45. The van der Waals surface area contributed by atoms with E-state index in [0.29, 0.717) is 17.1 Å². The van der Waals surface area contributed by atoms with Crippen LogP contribution in [0, 0.1) is 0 Å². The number of nitrogens with two attached hydrogens (primary N) is 1. The van der Waals surface area contributed by atoms with E-state index in [1.807, 2.05) is 0 Å². The number of hydrogen-bond donors (Lipinski definition) is 2. The van der Waals surface area contributed by atoms with Gasteiger partial charge >= 0.3 is 6.29 Å². The lowest BCUT2D eigenvalue weighted by Gasteiger charge is -2.07. The van der Waals surface area contributed by atoms with Gasteiger partial charge in [0.05, 0.1) is 17.6 Å². The monoisotopic (exact) mass is 265 g/mol. The molecule has 0 radical (unpaired) electrons. The van der Waals surface area contributed by atoms with Gasteiger partial charge in [-0.3, -0.25) is 4.98 Å². The summed E-state index contributed by atoms with van der Waals surface area (Å²) in [5, 5.41) is 2.98. The highest BCUT2D eigenvalue weighted by Gasteiger charge is 2.43. The van der Waals surface area contributed by atoms with Crippen molar-refractivity contribution in [1.82, 2.24) is 4.98 Å². The highest BCUT2D eigenvalue weighted by atomic mass is 19.3. The molecule has 1 aliphatic rings. The molecule has 0 saturated carbocycles. The average molecular weight is 265 g/mol. The van der Waals surface area contributed by atoms with Crippen molar-refractivity contribution in [2.75, 3.05) is 11.1 Å². The van der Waals surface area contributed by atoms with E-state index in [-0.39, 0.29) is 11.5 Å².